The number of aryl methyl sites for hydroxylation is 2. The lowest BCUT2D eigenvalue weighted by molar-refractivity contribution is 0.102. The SMILES string of the molecule is CCN(CC)S(=O)(=O)c1ccc(Cl)c(C(=O)Nc2ccc3c(c2)CCC3)c1. The van der Waals surface area contributed by atoms with E-state index in [0.29, 0.717) is 18.8 Å². The molecule has 144 valence electrons. The Bertz CT molecular complexity index is 969. The molecular formula is C20H23ClN2O3S. The fraction of sp³-hybridized carbons (Fsp3) is 0.350. The second kappa shape index (κ2) is 8.00. The Hall–Kier alpha value is -1.89. The maximum atomic E-state index is 12.7. The number of benzene rings is 2. The van der Waals surface area contributed by atoms with Crippen LogP contribution in [0.2, 0.25) is 5.02 Å². The van der Waals surface area contributed by atoms with Gasteiger partial charge in [0.1, 0.15) is 0 Å². The molecule has 0 spiro atoms. The molecule has 0 fully saturated rings. The molecule has 5 nitrogen and oxygen atoms in total. The van der Waals surface area contributed by atoms with Crippen LogP contribution < -0.4 is 5.32 Å². The molecule has 7 heteroatoms. The van der Waals surface area contributed by atoms with Gasteiger partial charge in [0.2, 0.25) is 10.0 Å². The summed E-state index contributed by atoms with van der Waals surface area (Å²) >= 11 is 6.18. The first-order valence-electron chi connectivity index (χ1n) is 9.09. The van der Waals surface area contributed by atoms with Crippen LogP contribution in [0.1, 0.15) is 41.8 Å². The third-order valence-electron chi connectivity index (χ3n) is 4.88. The largest absolute Gasteiger partial charge is 0.322 e. The van der Waals surface area contributed by atoms with Crippen molar-refractivity contribution in [3.05, 3.63) is 58.1 Å². The van der Waals surface area contributed by atoms with Gasteiger partial charge in [0.15, 0.2) is 0 Å². The number of rotatable bonds is 6. The molecule has 2 aromatic carbocycles. The van der Waals surface area contributed by atoms with Crippen LogP contribution in [-0.4, -0.2) is 31.7 Å². The maximum absolute atomic E-state index is 12.7. The molecule has 1 N–H and O–H groups in total. The number of amides is 1. The van der Waals surface area contributed by atoms with Crippen molar-refractivity contribution in [1.29, 1.82) is 0 Å². The number of halogens is 1. The molecule has 0 saturated heterocycles. The third-order valence-corrected chi connectivity index (χ3v) is 7.26. The van der Waals surface area contributed by atoms with Crippen LogP contribution in [0, 0.1) is 0 Å². The first-order valence-corrected chi connectivity index (χ1v) is 10.9. The van der Waals surface area contributed by atoms with E-state index in [-0.39, 0.29) is 15.5 Å². The van der Waals surface area contributed by atoms with Crippen molar-refractivity contribution in [3.8, 4) is 0 Å². The summed E-state index contributed by atoms with van der Waals surface area (Å²) in [7, 11) is -3.66. The topological polar surface area (TPSA) is 66.5 Å². The summed E-state index contributed by atoms with van der Waals surface area (Å²) in [4.78, 5) is 12.8. The van der Waals surface area contributed by atoms with E-state index in [2.05, 4.69) is 5.32 Å². The number of hydrogen-bond acceptors (Lipinski definition) is 3. The first-order chi connectivity index (χ1) is 12.9. The Morgan fingerprint density at radius 3 is 2.48 bits per heavy atom. The predicted molar refractivity (Wildman–Crippen MR) is 108 cm³/mol. The van der Waals surface area contributed by atoms with E-state index in [1.165, 1.54) is 33.6 Å². The maximum Gasteiger partial charge on any atom is 0.257 e. The van der Waals surface area contributed by atoms with Crippen molar-refractivity contribution in [2.75, 3.05) is 18.4 Å². The molecule has 0 unspecified atom stereocenters. The van der Waals surface area contributed by atoms with E-state index in [9.17, 15) is 13.2 Å². The molecule has 1 amide bonds. The highest BCUT2D eigenvalue weighted by Crippen LogP contribution is 2.27. The summed E-state index contributed by atoms with van der Waals surface area (Å²) < 4.78 is 26.8. The van der Waals surface area contributed by atoms with Crippen LogP contribution in [0.5, 0.6) is 0 Å². The summed E-state index contributed by atoms with van der Waals surface area (Å²) in [5, 5.41) is 3.05. The minimum Gasteiger partial charge on any atom is -0.322 e. The number of nitrogens with zero attached hydrogens (tertiary/aromatic N) is 1. The van der Waals surface area contributed by atoms with Gasteiger partial charge in [-0.05, 0) is 60.7 Å². The summed E-state index contributed by atoms with van der Waals surface area (Å²) in [6.07, 6.45) is 3.21. The Labute approximate surface area is 165 Å². The fourth-order valence-electron chi connectivity index (χ4n) is 3.40. The molecule has 0 heterocycles. The summed E-state index contributed by atoms with van der Waals surface area (Å²) in [5.41, 5.74) is 3.40. The van der Waals surface area contributed by atoms with Gasteiger partial charge in [0, 0.05) is 18.8 Å². The smallest absolute Gasteiger partial charge is 0.257 e. The number of fused-ring (bicyclic) bond motifs is 1. The molecule has 27 heavy (non-hydrogen) atoms. The Balaban J connectivity index is 1.89. The van der Waals surface area contributed by atoms with E-state index >= 15 is 0 Å². The van der Waals surface area contributed by atoms with Gasteiger partial charge in [-0.15, -0.1) is 0 Å². The average Bonchev–Trinajstić information content (AvgIpc) is 3.10. The molecule has 0 aliphatic heterocycles. The summed E-state index contributed by atoms with van der Waals surface area (Å²) in [6, 6.07) is 10.1. The molecule has 1 aliphatic rings. The number of sulfonamides is 1. The average molecular weight is 407 g/mol. The second-order valence-corrected chi connectivity index (χ2v) is 8.87. The molecule has 0 saturated carbocycles. The lowest BCUT2D eigenvalue weighted by Crippen LogP contribution is -2.30. The summed E-state index contributed by atoms with van der Waals surface area (Å²) in [6.45, 7) is 4.27. The fourth-order valence-corrected chi connectivity index (χ4v) is 5.09. The van der Waals surface area contributed by atoms with Crippen LogP contribution in [0.25, 0.3) is 0 Å². The van der Waals surface area contributed by atoms with Crippen molar-refractivity contribution in [1.82, 2.24) is 4.31 Å². The number of carbonyl (C=O) groups excluding carboxylic acids is 1. The zero-order valence-electron chi connectivity index (χ0n) is 15.5. The molecule has 1 aliphatic carbocycles. The van der Waals surface area contributed by atoms with Crippen molar-refractivity contribution >= 4 is 33.2 Å². The molecule has 0 aromatic heterocycles. The lowest BCUT2D eigenvalue weighted by Gasteiger charge is -2.19. The zero-order chi connectivity index (χ0) is 19.6. The van der Waals surface area contributed by atoms with Gasteiger partial charge in [-0.1, -0.05) is 31.5 Å². The van der Waals surface area contributed by atoms with Crippen molar-refractivity contribution in [3.63, 3.8) is 0 Å². The molecule has 0 atom stereocenters. The van der Waals surface area contributed by atoms with Gasteiger partial charge < -0.3 is 5.32 Å². The van der Waals surface area contributed by atoms with Gasteiger partial charge in [-0.25, -0.2) is 8.42 Å². The molecule has 0 bridgehead atoms. The zero-order valence-corrected chi connectivity index (χ0v) is 17.0. The standard InChI is InChI=1S/C20H23ClN2O3S/c1-3-23(4-2)27(25,26)17-10-11-19(21)18(13-17)20(24)22-16-9-8-14-6-5-7-15(14)12-16/h8-13H,3-7H2,1-2H3,(H,22,24). The van der Waals surface area contributed by atoms with Gasteiger partial charge in [0.25, 0.3) is 5.91 Å². The summed E-state index contributed by atoms with van der Waals surface area (Å²) in [5.74, 6) is -0.422. The number of nitrogens with one attached hydrogen (secondary N) is 1. The number of anilines is 1. The first kappa shape index (κ1) is 19.9. The van der Waals surface area contributed by atoms with Crippen molar-refractivity contribution in [2.45, 2.75) is 38.0 Å². The highest BCUT2D eigenvalue weighted by atomic mass is 35.5. The third kappa shape index (κ3) is 4.03. The van der Waals surface area contributed by atoms with Gasteiger partial charge in [-0.3, -0.25) is 4.79 Å². The molecular weight excluding hydrogens is 384 g/mol. The van der Waals surface area contributed by atoms with E-state index in [0.717, 1.165) is 19.3 Å². The predicted octanol–water partition coefficient (Wildman–Crippen LogP) is 4.11. The van der Waals surface area contributed by atoms with E-state index in [4.69, 9.17) is 11.6 Å². The number of carbonyl (C=O) groups is 1. The van der Waals surface area contributed by atoms with E-state index < -0.39 is 15.9 Å². The van der Waals surface area contributed by atoms with Crippen LogP contribution >= 0.6 is 11.6 Å². The molecule has 2 aromatic rings. The Kier molecular flexibility index (Phi) is 5.89. The van der Waals surface area contributed by atoms with Crippen LogP contribution in [-0.2, 0) is 22.9 Å². The highest BCUT2D eigenvalue weighted by molar-refractivity contribution is 7.89. The molecule has 3 rings (SSSR count). The van der Waals surface area contributed by atoms with Gasteiger partial charge in [0.05, 0.1) is 15.5 Å². The van der Waals surface area contributed by atoms with E-state index in [1.54, 1.807) is 13.8 Å². The van der Waals surface area contributed by atoms with Crippen LogP contribution in [0.15, 0.2) is 41.3 Å². The minimum absolute atomic E-state index is 0.0645. The van der Waals surface area contributed by atoms with Crippen LogP contribution in [0.3, 0.4) is 0 Å². The lowest BCUT2D eigenvalue weighted by atomic mass is 10.1. The normalized spacial score (nSPS) is 13.6. The van der Waals surface area contributed by atoms with E-state index in [1.807, 2.05) is 18.2 Å². The van der Waals surface area contributed by atoms with Crippen molar-refractivity contribution in [2.24, 2.45) is 0 Å². The molecule has 0 radical (unpaired) electrons. The highest BCUT2D eigenvalue weighted by Gasteiger charge is 2.24. The van der Waals surface area contributed by atoms with Crippen molar-refractivity contribution < 1.29 is 13.2 Å². The van der Waals surface area contributed by atoms with Crippen LogP contribution in [0.4, 0.5) is 5.69 Å². The van der Waals surface area contributed by atoms with Gasteiger partial charge in [-0.2, -0.15) is 4.31 Å². The minimum atomic E-state index is -3.66. The Morgan fingerprint density at radius 1 is 1.07 bits per heavy atom. The van der Waals surface area contributed by atoms with Gasteiger partial charge >= 0.3 is 0 Å². The monoisotopic (exact) mass is 406 g/mol. The number of hydrogen-bond donors (Lipinski definition) is 1. The quantitative estimate of drug-likeness (QED) is 0.784. The Morgan fingerprint density at radius 2 is 1.78 bits per heavy atom. The second-order valence-electron chi connectivity index (χ2n) is 6.52.